The van der Waals surface area contributed by atoms with E-state index in [4.69, 9.17) is 0 Å². The molecule has 2 aromatic carbocycles. The van der Waals surface area contributed by atoms with E-state index >= 15 is 0 Å². The van der Waals surface area contributed by atoms with Crippen LogP contribution in [-0.2, 0) is 10.0 Å². The Labute approximate surface area is 149 Å². The monoisotopic (exact) mass is 358 g/mol. The number of sulfonamides is 1. The Bertz CT molecular complexity index is 887. The minimum absolute atomic E-state index is 0.210. The topological polar surface area (TPSA) is 66.5 Å². The largest absolute Gasteiger partial charge is 0.349 e. The molecule has 0 atom stereocenters. The van der Waals surface area contributed by atoms with Crippen LogP contribution in [0.3, 0.4) is 0 Å². The van der Waals surface area contributed by atoms with Crippen molar-refractivity contribution in [1.82, 2.24) is 5.32 Å². The number of nitrogens with one attached hydrogen (secondary N) is 1. The number of anilines is 1. The van der Waals surface area contributed by atoms with Crippen LogP contribution in [0.1, 0.15) is 21.5 Å². The Morgan fingerprint density at radius 1 is 1.16 bits per heavy atom. The third-order valence-electron chi connectivity index (χ3n) is 3.90. The number of hydrogen-bond donors (Lipinski definition) is 1. The van der Waals surface area contributed by atoms with E-state index in [0.29, 0.717) is 17.8 Å². The first-order valence-electron chi connectivity index (χ1n) is 7.82. The number of aryl methyl sites for hydroxylation is 2. The number of carbonyl (C=O) groups excluding carboxylic acids is 1. The lowest BCUT2D eigenvalue weighted by molar-refractivity contribution is 0.0958. The molecule has 0 saturated carbocycles. The maximum atomic E-state index is 12.9. The summed E-state index contributed by atoms with van der Waals surface area (Å²) in [6.45, 7) is 7.61. The maximum absolute atomic E-state index is 12.9. The Kier molecular flexibility index (Phi) is 5.64. The van der Waals surface area contributed by atoms with Gasteiger partial charge in [0.25, 0.3) is 15.9 Å². The Hall–Kier alpha value is -2.60. The molecule has 1 N–H and O–H groups in total. The summed E-state index contributed by atoms with van der Waals surface area (Å²) >= 11 is 0. The lowest BCUT2D eigenvalue weighted by atomic mass is 10.1. The lowest BCUT2D eigenvalue weighted by Gasteiger charge is -2.22. The molecule has 0 heterocycles. The van der Waals surface area contributed by atoms with E-state index in [2.05, 4.69) is 11.9 Å². The van der Waals surface area contributed by atoms with Gasteiger partial charge in [-0.1, -0.05) is 29.8 Å². The summed E-state index contributed by atoms with van der Waals surface area (Å²) in [5, 5.41) is 2.69. The van der Waals surface area contributed by atoms with Crippen LogP contribution < -0.4 is 9.62 Å². The number of rotatable bonds is 6. The molecule has 0 unspecified atom stereocenters. The van der Waals surface area contributed by atoms with Crippen molar-refractivity contribution >= 4 is 21.6 Å². The van der Waals surface area contributed by atoms with Gasteiger partial charge in [0.2, 0.25) is 0 Å². The standard InChI is InChI=1S/C19H22N2O3S/c1-5-12-20-19(22)16-9-8-15(3)18(13-16)21(4)25(23,24)17-10-6-14(2)7-11-17/h5-11,13H,1,12H2,2-4H3,(H,20,22). The second kappa shape index (κ2) is 7.53. The van der Waals surface area contributed by atoms with Gasteiger partial charge in [-0.15, -0.1) is 6.58 Å². The first kappa shape index (κ1) is 18.7. The third-order valence-corrected chi connectivity index (χ3v) is 5.68. The highest BCUT2D eigenvalue weighted by atomic mass is 32.2. The van der Waals surface area contributed by atoms with Gasteiger partial charge in [-0.25, -0.2) is 8.42 Å². The van der Waals surface area contributed by atoms with Crippen LogP contribution in [0.15, 0.2) is 60.0 Å². The zero-order chi connectivity index (χ0) is 18.6. The molecule has 0 radical (unpaired) electrons. The summed E-state index contributed by atoms with van der Waals surface area (Å²) in [6, 6.07) is 11.7. The van der Waals surface area contributed by atoms with E-state index in [-0.39, 0.29) is 10.8 Å². The van der Waals surface area contributed by atoms with Gasteiger partial charge in [0, 0.05) is 19.2 Å². The van der Waals surface area contributed by atoms with Crippen LogP contribution in [-0.4, -0.2) is 27.9 Å². The maximum Gasteiger partial charge on any atom is 0.264 e. The van der Waals surface area contributed by atoms with Gasteiger partial charge in [0.1, 0.15) is 0 Å². The van der Waals surface area contributed by atoms with Crippen LogP contribution in [0.2, 0.25) is 0 Å². The van der Waals surface area contributed by atoms with E-state index in [1.807, 2.05) is 13.8 Å². The van der Waals surface area contributed by atoms with Crippen molar-refractivity contribution in [1.29, 1.82) is 0 Å². The number of hydrogen-bond acceptors (Lipinski definition) is 3. The summed E-state index contributed by atoms with van der Waals surface area (Å²) in [4.78, 5) is 12.3. The third kappa shape index (κ3) is 4.09. The Balaban J connectivity index is 2.40. The van der Waals surface area contributed by atoms with E-state index in [9.17, 15) is 13.2 Å². The van der Waals surface area contributed by atoms with E-state index < -0.39 is 10.0 Å². The predicted molar refractivity (Wildman–Crippen MR) is 100 cm³/mol. The average molecular weight is 358 g/mol. The smallest absolute Gasteiger partial charge is 0.264 e. The zero-order valence-electron chi connectivity index (χ0n) is 14.6. The van der Waals surface area contributed by atoms with Gasteiger partial charge in [0.15, 0.2) is 0 Å². The molecule has 1 amide bonds. The summed E-state index contributed by atoms with van der Waals surface area (Å²) in [5.41, 5.74) is 2.61. The van der Waals surface area contributed by atoms with E-state index in [1.165, 1.54) is 11.4 Å². The van der Waals surface area contributed by atoms with Crippen molar-refractivity contribution in [2.75, 3.05) is 17.9 Å². The van der Waals surface area contributed by atoms with Gasteiger partial charge >= 0.3 is 0 Å². The van der Waals surface area contributed by atoms with Crippen LogP contribution in [0, 0.1) is 13.8 Å². The molecule has 2 aromatic rings. The van der Waals surface area contributed by atoms with Crippen molar-refractivity contribution in [3.8, 4) is 0 Å². The number of carbonyl (C=O) groups is 1. The molecule has 2 rings (SSSR count). The summed E-state index contributed by atoms with van der Waals surface area (Å²) in [6.07, 6.45) is 1.58. The van der Waals surface area contributed by atoms with Crippen LogP contribution >= 0.6 is 0 Å². The first-order valence-corrected chi connectivity index (χ1v) is 9.26. The molecule has 6 heteroatoms. The summed E-state index contributed by atoms with van der Waals surface area (Å²) in [7, 11) is -2.22. The van der Waals surface area contributed by atoms with Crippen molar-refractivity contribution in [3.05, 3.63) is 71.8 Å². The quantitative estimate of drug-likeness (QED) is 0.807. The Morgan fingerprint density at radius 3 is 2.40 bits per heavy atom. The second-order valence-corrected chi connectivity index (χ2v) is 7.75. The molecule has 25 heavy (non-hydrogen) atoms. The number of benzene rings is 2. The van der Waals surface area contributed by atoms with Crippen molar-refractivity contribution in [3.63, 3.8) is 0 Å². The van der Waals surface area contributed by atoms with Crippen molar-refractivity contribution in [2.24, 2.45) is 0 Å². The molecular formula is C19H22N2O3S. The van der Waals surface area contributed by atoms with Crippen molar-refractivity contribution < 1.29 is 13.2 Å². The average Bonchev–Trinajstić information content (AvgIpc) is 2.59. The highest BCUT2D eigenvalue weighted by Crippen LogP contribution is 2.26. The second-order valence-electron chi connectivity index (χ2n) is 5.79. The number of amides is 1. The van der Waals surface area contributed by atoms with Crippen molar-refractivity contribution in [2.45, 2.75) is 18.7 Å². The van der Waals surface area contributed by atoms with Crippen LogP contribution in [0.5, 0.6) is 0 Å². The first-order chi connectivity index (χ1) is 11.8. The molecule has 0 fully saturated rings. The fraction of sp³-hybridized carbons (Fsp3) is 0.211. The molecule has 0 bridgehead atoms. The highest BCUT2D eigenvalue weighted by molar-refractivity contribution is 7.92. The fourth-order valence-electron chi connectivity index (χ4n) is 2.35. The molecule has 0 aliphatic rings. The molecule has 0 spiro atoms. The highest BCUT2D eigenvalue weighted by Gasteiger charge is 2.23. The normalized spacial score (nSPS) is 11.0. The molecule has 5 nitrogen and oxygen atoms in total. The minimum Gasteiger partial charge on any atom is -0.349 e. The fourth-order valence-corrected chi connectivity index (χ4v) is 3.61. The molecule has 0 aromatic heterocycles. The van der Waals surface area contributed by atoms with Gasteiger partial charge in [-0.2, -0.15) is 0 Å². The SMILES string of the molecule is C=CCNC(=O)c1ccc(C)c(N(C)S(=O)(=O)c2ccc(C)cc2)c1. The molecule has 132 valence electrons. The zero-order valence-corrected chi connectivity index (χ0v) is 15.4. The van der Waals surface area contributed by atoms with Gasteiger partial charge in [0.05, 0.1) is 10.6 Å². The van der Waals surface area contributed by atoms with Crippen LogP contribution in [0.4, 0.5) is 5.69 Å². The lowest BCUT2D eigenvalue weighted by Crippen LogP contribution is -2.28. The molecule has 0 aliphatic heterocycles. The van der Waals surface area contributed by atoms with Crippen LogP contribution in [0.25, 0.3) is 0 Å². The van der Waals surface area contributed by atoms with E-state index in [0.717, 1.165) is 11.1 Å². The van der Waals surface area contributed by atoms with E-state index in [1.54, 1.807) is 48.5 Å². The Morgan fingerprint density at radius 2 is 1.80 bits per heavy atom. The number of nitrogens with zero attached hydrogens (tertiary/aromatic N) is 1. The van der Waals surface area contributed by atoms with Gasteiger partial charge < -0.3 is 5.32 Å². The minimum atomic E-state index is -3.71. The summed E-state index contributed by atoms with van der Waals surface area (Å²) < 4.78 is 26.9. The molecule has 0 saturated heterocycles. The molecular weight excluding hydrogens is 336 g/mol. The van der Waals surface area contributed by atoms with Gasteiger partial charge in [-0.3, -0.25) is 9.10 Å². The predicted octanol–water partition coefficient (Wildman–Crippen LogP) is 3.04. The molecule has 0 aliphatic carbocycles. The van der Waals surface area contributed by atoms with Gasteiger partial charge in [-0.05, 0) is 43.7 Å². The summed E-state index contributed by atoms with van der Waals surface area (Å²) in [5.74, 6) is -0.276.